The van der Waals surface area contributed by atoms with Gasteiger partial charge in [0.25, 0.3) is 5.91 Å². The Labute approximate surface area is 130 Å². The molecule has 0 radical (unpaired) electrons. The van der Waals surface area contributed by atoms with E-state index >= 15 is 0 Å². The summed E-state index contributed by atoms with van der Waals surface area (Å²) < 4.78 is 23.0. The van der Waals surface area contributed by atoms with Crippen LogP contribution in [0.4, 0.5) is 0 Å². The molecule has 0 unspecified atom stereocenters. The number of hydrogen-bond acceptors (Lipinski definition) is 3. The Morgan fingerprint density at radius 2 is 2.10 bits per heavy atom. The van der Waals surface area contributed by atoms with Crippen molar-refractivity contribution >= 4 is 27.5 Å². The number of amides is 1. The molecule has 0 heterocycles. The predicted octanol–water partition coefficient (Wildman–Crippen LogP) is 2.25. The number of nitrogens with zero attached hydrogens (tertiary/aromatic N) is 1. The molecule has 0 atom stereocenters. The average Bonchev–Trinajstić information content (AvgIpc) is 3.20. The van der Waals surface area contributed by atoms with Gasteiger partial charge in [0.1, 0.15) is 4.90 Å². The molecule has 2 rings (SSSR count). The van der Waals surface area contributed by atoms with Crippen LogP contribution in [0.2, 0.25) is 5.02 Å². The average molecular weight is 331 g/mol. The minimum atomic E-state index is -3.94. The molecular formula is C14H19ClN2O3S. The number of hydrogen-bond donors (Lipinski definition) is 1. The number of primary sulfonamides is 1. The molecule has 1 fully saturated rings. The van der Waals surface area contributed by atoms with Crippen LogP contribution < -0.4 is 5.14 Å². The third kappa shape index (κ3) is 4.18. The standard InChI is InChI=1S/C14H19ClN2O3S/c1-2-7-17(9-10-3-4-10)14(18)11-5-6-12(15)13(8-11)21(16,19)20/h5-6,8,10H,2-4,7,9H2,1H3,(H2,16,19,20). The van der Waals surface area contributed by atoms with Crippen LogP contribution in [0.1, 0.15) is 36.5 Å². The smallest absolute Gasteiger partial charge is 0.253 e. The van der Waals surface area contributed by atoms with E-state index in [9.17, 15) is 13.2 Å². The number of rotatable bonds is 6. The molecule has 1 saturated carbocycles. The molecule has 0 saturated heterocycles. The summed E-state index contributed by atoms with van der Waals surface area (Å²) in [7, 11) is -3.94. The van der Waals surface area contributed by atoms with Crippen molar-refractivity contribution in [2.45, 2.75) is 31.1 Å². The summed E-state index contributed by atoms with van der Waals surface area (Å²) in [6, 6.07) is 4.19. The first-order chi connectivity index (χ1) is 9.82. The van der Waals surface area contributed by atoms with Gasteiger partial charge in [-0.25, -0.2) is 13.6 Å². The lowest BCUT2D eigenvalue weighted by atomic mass is 10.2. The largest absolute Gasteiger partial charge is 0.338 e. The third-order valence-corrected chi connectivity index (χ3v) is 4.83. The maximum atomic E-state index is 12.5. The molecule has 1 aliphatic carbocycles. The highest BCUT2D eigenvalue weighted by atomic mass is 35.5. The van der Waals surface area contributed by atoms with Crippen LogP contribution >= 0.6 is 11.6 Å². The van der Waals surface area contributed by atoms with Gasteiger partial charge < -0.3 is 4.90 Å². The van der Waals surface area contributed by atoms with Gasteiger partial charge >= 0.3 is 0 Å². The van der Waals surface area contributed by atoms with Gasteiger partial charge in [-0.05, 0) is 43.4 Å². The fraction of sp³-hybridized carbons (Fsp3) is 0.500. The van der Waals surface area contributed by atoms with Gasteiger partial charge in [0.05, 0.1) is 5.02 Å². The monoisotopic (exact) mass is 330 g/mol. The van der Waals surface area contributed by atoms with Crippen LogP contribution in [-0.2, 0) is 10.0 Å². The minimum Gasteiger partial charge on any atom is -0.338 e. The first-order valence-electron chi connectivity index (χ1n) is 6.94. The molecule has 0 aliphatic heterocycles. The summed E-state index contributed by atoms with van der Waals surface area (Å²) in [4.78, 5) is 14.1. The number of halogens is 1. The van der Waals surface area contributed by atoms with Gasteiger partial charge in [-0.2, -0.15) is 0 Å². The van der Waals surface area contributed by atoms with E-state index in [2.05, 4.69) is 0 Å². The first-order valence-corrected chi connectivity index (χ1v) is 8.87. The Morgan fingerprint density at radius 1 is 1.43 bits per heavy atom. The van der Waals surface area contributed by atoms with Gasteiger partial charge in [-0.1, -0.05) is 18.5 Å². The summed E-state index contributed by atoms with van der Waals surface area (Å²) >= 11 is 5.84. The second-order valence-corrected chi connectivity index (χ2v) is 7.32. The Hall–Kier alpha value is -1.11. The fourth-order valence-corrected chi connectivity index (χ4v) is 3.27. The first kappa shape index (κ1) is 16.3. The molecule has 2 N–H and O–H groups in total. The van der Waals surface area contributed by atoms with Crippen molar-refractivity contribution in [2.24, 2.45) is 11.1 Å². The predicted molar refractivity (Wildman–Crippen MR) is 81.7 cm³/mol. The second kappa shape index (κ2) is 6.34. The van der Waals surface area contributed by atoms with Crippen molar-refractivity contribution in [3.05, 3.63) is 28.8 Å². The van der Waals surface area contributed by atoms with Crippen LogP contribution in [0.25, 0.3) is 0 Å². The fourth-order valence-electron chi connectivity index (χ4n) is 2.19. The molecule has 1 amide bonds. The normalized spacial score (nSPS) is 15.0. The minimum absolute atomic E-state index is 0.0262. The highest BCUT2D eigenvalue weighted by Crippen LogP contribution is 2.30. The van der Waals surface area contributed by atoms with Crippen LogP contribution in [0.5, 0.6) is 0 Å². The molecule has 0 spiro atoms. The molecular weight excluding hydrogens is 312 g/mol. The highest BCUT2D eigenvalue weighted by molar-refractivity contribution is 7.89. The maximum Gasteiger partial charge on any atom is 0.253 e. The summed E-state index contributed by atoms with van der Waals surface area (Å²) in [6.45, 7) is 3.38. The number of carbonyl (C=O) groups excluding carboxylic acids is 1. The lowest BCUT2D eigenvalue weighted by Crippen LogP contribution is -2.33. The topological polar surface area (TPSA) is 80.5 Å². The Bertz CT molecular complexity index is 642. The SMILES string of the molecule is CCCN(CC1CC1)C(=O)c1ccc(Cl)c(S(N)(=O)=O)c1. The molecule has 0 aromatic heterocycles. The quantitative estimate of drug-likeness (QED) is 0.868. The highest BCUT2D eigenvalue weighted by Gasteiger charge is 2.27. The van der Waals surface area contributed by atoms with E-state index in [1.807, 2.05) is 6.92 Å². The van der Waals surface area contributed by atoms with Crippen molar-refractivity contribution in [3.63, 3.8) is 0 Å². The number of benzene rings is 1. The van der Waals surface area contributed by atoms with Gasteiger partial charge in [0.15, 0.2) is 0 Å². The molecule has 1 aromatic carbocycles. The van der Waals surface area contributed by atoms with E-state index in [0.29, 0.717) is 18.0 Å². The number of nitrogens with two attached hydrogens (primary N) is 1. The van der Waals surface area contributed by atoms with Crippen LogP contribution in [0.15, 0.2) is 23.1 Å². The Kier molecular flexibility index (Phi) is 4.91. The molecule has 1 aliphatic rings. The lowest BCUT2D eigenvalue weighted by Gasteiger charge is -2.22. The maximum absolute atomic E-state index is 12.5. The molecule has 1 aromatic rings. The molecule has 116 valence electrons. The molecule has 0 bridgehead atoms. The number of carbonyl (C=O) groups is 1. The molecule has 7 heteroatoms. The zero-order chi connectivity index (χ0) is 15.6. The van der Waals surface area contributed by atoms with Crippen LogP contribution in [0.3, 0.4) is 0 Å². The van der Waals surface area contributed by atoms with E-state index in [1.54, 1.807) is 4.90 Å². The van der Waals surface area contributed by atoms with Crippen molar-refractivity contribution in [1.82, 2.24) is 4.90 Å². The second-order valence-electron chi connectivity index (χ2n) is 5.38. The summed E-state index contributed by atoms with van der Waals surface area (Å²) in [6.07, 6.45) is 3.15. The van der Waals surface area contributed by atoms with Crippen molar-refractivity contribution in [3.8, 4) is 0 Å². The van der Waals surface area contributed by atoms with Crippen LogP contribution in [-0.4, -0.2) is 32.3 Å². The van der Waals surface area contributed by atoms with Gasteiger partial charge in [0.2, 0.25) is 10.0 Å². The zero-order valence-electron chi connectivity index (χ0n) is 11.9. The van der Waals surface area contributed by atoms with Gasteiger partial charge in [0, 0.05) is 18.7 Å². The Morgan fingerprint density at radius 3 is 2.62 bits per heavy atom. The Balaban J connectivity index is 2.28. The third-order valence-electron chi connectivity index (χ3n) is 3.44. The molecule has 21 heavy (non-hydrogen) atoms. The number of sulfonamides is 1. The van der Waals surface area contributed by atoms with E-state index in [4.69, 9.17) is 16.7 Å². The van der Waals surface area contributed by atoms with E-state index in [1.165, 1.54) is 18.2 Å². The van der Waals surface area contributed by atoms with Crippen molar-refractivity contribution in [1.29, 1.82) is 0 Å². The summed E-state index contributed by atoms with van der Waals surface area (Å²) in [5.74, 6) is 0.399. The van der Waals surface area contributed by atoms with Crippen molar-refractivity contribution in [2.75, 3.05) is 13.1 Å². The van der Waals surface area contributed by atoms with Gasteiger partial charge in [-0.3, -0.25) is 4.79 Å². The lowest BCUT2D eigenvalue weighted by molar-refractivity contribution is 0.0747. The van der Waals surface area contributed by atoms with E-state index in [0.717, 1.165) is 25.8 Å². The van der Waals surface area contributed by atoms with E-state index in [-0.39, 0.29) is 15.8 Å². The van der Waals surface area contributed by atoms with Crippen molar-refractivity contribution < 1.29 is 13.2 Å². The van der Waals surface area contributed by atoms with E-state index < -0.39 is 10.0 Å². The van der Waals surface area contributed by atoms with Crippen LogP contribution in [0, 0.1) is 5.92 Å². The van der Waals surface area contributed by atoms with Gasteiger partial charge in [-0.15, -0.1) is 0 Å². The summed E-state index contributed by atoms with van der Waals surface area (Å²) in [5.41, 5.74) is 0.303. The molecule has 5 nitrogen and oxygen atoms in total. The zero-order valence-corrected chi connectivity index (χ0v) is 13.5. The summed E-state index contributed by atoms with van der Waals surface area (Å²) in [5, 5.41) is 5.14.